The van der Waals surface area contributed by atoms with Gasteiger partial charge in [-0.15, -0.1) is 0 Å². The van der Waals surface area contributed by atoms with Gasteiger partial charge in [0.1, 0.15) is 0 Å². The lowest BCUT2D eigenvalue weighted by molar-refractivity contribution is 0.104. The molecule has 6 aromatic carbocycles. The molecule has 0 heterocycles. The molecule has 0 aliphatic rings. The SMILES string of the molecule is Nc1c(C(=O)c2cccc(-c3cccc4ccccc34)c2N)cccc1-c1cccc2ccccc12. The summed E-state index contributed by atoms with van der Waals surface area (Å²) < 4.78 is 0. The van der Waals surface area contributed by atoms with Gasteiger partial charge < -0.3 is 11.5 Å². The van der Waals surface area contributed by atoms with Gasteiger partial charge in [-0.1, -0.05) is 109 Å². The molecule has 0 fully saturated rings. The second-order valence-corrected chi connectivity index (χ2v) is 8.92. The topological polar surface area (TPSA) is 69.1 Å². The monoisotopic (exact) mass is 464 g/mol. The van der Waals surface area contributed by atoms with E-state index in [4.69, 9.17) is 11.5 Å². The van der Waals surface area contributed by atoms with Gasteiger partial charge in [-0.05, 0) is 44.8 Å². The molecular weight excluding hydrogens is 440 g/mol. The van der Waals surface area contributed by atoms with Crippen LogP contribution in [0.2, 0.25) is 0 Å². The molecule has 0 aliphatic carbocycles. The Morgan fingerprint density at radius 2 is 0.778 bits per heavy atom. The Balaban J connectivity index is 1.48. The van der Waals surface area contributed by atoms with Crippen molar-refractivity contribution < 1.29 is 4.79 Å². The zero-order chi connectivity index (χ0) is 24.6. The van der Waals surface area contributed by atoms with E-state index in [1.54, 1.807) is 12.1 Å². The fourth-order valence-electron chi connectivity index (χ4n) is 5.06. The third-order valence-corrected chi connectivity index (χ3v) is 6.86. The maximum absolute atomic E-state index is 13.8. The second-order valence-electron chi connectivity index (χ2n) is 8.92. The minimum atomic E-state index is -0.186. The fourth-order valence-corrected chi connectivity index (χ4v) is 5.06. The number of hydrogen-bond acceptors (Lipinski definition) is 3. The molecule has 36 heavy (non-hydrogen) atoms. The predicted molar refractivity (Wildman–Crippen MR) is 151 cm³/mol. The summed E-state index contributed by atoms with van der Waals surface area (Å²) in [7, 11) is 0. The van der Waals surface area contributed by atoms with Crippen molar-refractivity contribution in [1.82, 2.24) is 0 Å². The summed E-state index contributed by atoms with van der Waals surface area (Å²) in [6.45, 7) is 0. The molecule has 0 atom stereocenters. The van der Waals surface area contributed by atoms with E-state index in [1.165, 1.54) is 0 Å². The van der Waals surface area contributed by atoms with Crippen LogP contribution in [0.5, 0.6) is 0 Å². The highest BCUT2D eigenvalue weighted by molar-refractivity contribution is 6.18. The van der Waals surface area contributed by atoms with Gasteiger partial charge in [0.15, 0.2) is 5.78 Å². The van der Waals surface area contributed by atoms with Crippen LogP contribution in [-0.4, -0.2) is 5.78 Å². The van der Waals surface area contributed by atoms with Crippen LogP contribution in [0.4, 0.5) is 11.4 Å². The largest absolute Gasteiger partial charge is 0.398 e. The summed E-state index contributed by atoms with van der Waals surface area (Å²) in [5, 5.41) is 4.43. The number of carbonyl (C=O) groups excluding carboxylic acids is 1. The molecule has 0 aliphatic heterocycles. The average Bonchev–Trinajstić information content (AvgIpc) is 2.92. The number of nitrogen functional groups attached to an aromatic ring is 2. The first-order valence-corrected chi connectivity index (χ1v) is 11.9. The van der Waals surface area contributed by atoms with E-state index in [-0.39, 0.29) is 5.78 Å². The molecule has 0 saturated carbocycles. The first-order valence-electron chi connectivity index (χ1n) is 11.9. The molecule has 6 rings (SSSR count). The van der Waals surface area contributed by atoms with Crippen LogP contribution in [0.15, 0.2) is 121 Å². The third kappa shape index (κ3) is 3.50. The highest BCUT2D eigenvalue weighted by atomic mass is 16.1. The Morgan fingerprint density at radius 1 is 0.417 bits per heavy atom. The Labute approximate surface area is 209 Å². The molecule has 0 bridgehead atoms. The predicted octanol–water partition coefficient (Wildman–Crippen LogP) is 7.72. The average molecular weight is 465 g/mol. The molecule has 0 saturated heterocycles. The van der Waals surface area contributed by atoms with Gasteiger partial charge in [-0.25, -0.2) is 0 Å². The smallest absolute Gasteiger partial charge is 0.197 e. The van der Waals surface area contributed by atoms with E-state index < -0.39 is 0 Å². The molecule has 6 aromatic rings. The molecule has 4 N–H and O–H groups in total. The van der Waals surface area contributed by atoms with Crippen LogP contribution in [0.25, 0.3) is 43.8 Å². The van der Waals surface area contributed by atoms with Gasteiger partial charge in [0.05, 0.1) is 11.4 Å². The van der Waals surface area contributed by atoms with Crippen molar-refractivity contribution in [3.63, 3.8) is 0 Å². The van der Waals surface area contributed by atoms with Gasteiger partial charge in [0, 0.05) is 22.3 Å². The highest BCUT2D eigenvalue weighted by Crippen LogP contribution is 2.38. The van der Waals surface area contributed by atoms with Crippen LogP contribution >= 0.6 is 0 Å². The first-order chi connectivity index (χ1) is 17.6. The maximum Gasteiger partial charge on any atom is 0.197 e. The van der Waals surface area contributed by atoms with Gasteiger partial charge in [0.25, 0.3) is 0 Å². The summed E-state index contributed by atoms with van der Waals surface area (Å²) >= 11 is 0. The van der Waals surface area contributed by atoms with Crippen molar-refractivity contribution in [3.05, 3.63) is 132 Å². The van der Waals surface area contributed by atoms with Gasteiger partial charge in [-0.2, -0.15) is 0 Å². The molecular formula is C33H24N2O. The van der Waals surface area contributed by atoms with E-state index in [1.807, 2.05) is 72.8 Å². The standard InChI is InChI=1S/C33H24N2O/c34-31-27(25-15-5-11-21-9-1-3-13-23(21)25)17-7-19-29(31)33(36)30-20-8-18-28(32(30)35)26-16-6-12-22-10-2-4-14-24(22)26/h1-20H,34-35H2. The maximum atomic E-state index is 13.8. The fraction of sp³-hybridized carbons (Fsp3) is 0. The molecule has 0 unspecified atom stereocenters. The van der Waals surface area contributed by atoms with Gasteiger partial charge >= 0.3 is 0 Å². The van der Waals surface area contributed by atoms with Crippen molar-refractivity contribution in [2.24, 2.45) is 0 Å². The molecule has 172 valence electrons. The lowest BCUT2D eigenvalue weighted by Gasteiger charge is -2.15. The summed E-state index contributed by atoms with van der Waals surface area (Å²) in [6, 6.07) is 39.8. The van der Waals surface area contributed by atoms with Crippen LogP contribution in [0, 0.1) is 0 Å². The Bertz CT molecular complexity index is 1640. The zero-order valence-corrected chi connectivity index (χ0v) is 19.6. The first kappa shape index (κ1) is 21.6. The van der Waals surface area contributed by atoms with E-state index in [9.17, 15) is 4.79 Å². The van der Waals surface area contributed by atoms with E-state index >= 15 is 0 Å². The van der Waals surface area contributed by atoms with Gasteiger partial charge in [0.2, 0.25) is 0 Å². The van der Waals surface area contributed by atoms with Crippen LogP contribution < -0.4 is 11.5 Å². The van der Waals surface area contributed by atoms with Crippen molar-refractivity contribution >= 4 is 38.7 Å². The number of anilines is 2. The zero-order valence-electron chi connectivity index (χ0n) is 19.6. The number of para-hydroxylation sites is 2. The van der Waals surface area contributed by atoms with Crippen molar-refractivity contribution in [2.75, 3.05) is 11.5 Å². The Hall–Kier alpha value is -4.89. The summed E-state index contributed by atoms with van der Waals surface area (Å²) in [5.41, 5.74) is 18.8. The highest BCUT2D eigenvalue weighted by Gasteiger charge is 2.20. The lowest BCUT2D eigenvalue weighted by atomic mass is 9.90. The minimum Gasteiger partial charge on any atom is -0.398 e. The van der Waals surface area contributed by atoms with E-state index in [0.717, 1.165) is 43.8 Å². The molecule has 3 nitrogen and oxygen atoms in total. The number of fused-ring (bicyclic) bond motifs is 2. The van der Waals surface area contributed by atoms with Crippen molar-refractivity contribution in [2.45, 2.75) is 0 Å². The number of carbonyl (C=O) groups is 1. The number of nitrogens with two attached hydrogens (primary N) is 2. The molecule has 0 radical (unpaired) electrons. The molecule has 3 heteroatoms. The summed E-state index contributed by atoms with van der Waals surface area (Å²) in [6.07, 6.45) is 0. The van der Waals surface area contributed by atoms with Gasteiger partial charge in [-0.3, -0.25) is 4.79 Å². The second kappa shape index (κ2) is 8.71. The Morgan fingerprint density at radius 3 is 1.25 bits per heavy atom. The normalized spacial score (nSPS) is 11.1. The summed E-state index contributed by atoms with van der Waals surface area (Å²) in [5.74, 6) is -0.186. The molecule has 0 spiro atoms. The number of hydrogen-bond donors (Lipinski definition) is 2. The van der Waals surface area contributed by atoms with Crippen LogP contribution in [0.3, 0.4) is 0 Å². The summed E-state index contributed by atoms with van der Waals surface area (Å²) in [4.78, 5) is 13.8. The number of rotatable bonds is 4. The van der Waals surface area contributed by atoms with Crippen LogP contribution in [0.1, 0.15) is 15.9 Å². The quantitative estimate of drug-likeness (QED) is 0.207. The van der Waals surface area contributed by atoms with Crippen LogP contribution in [-0.2, 0) is 0 Å². The lowest BCUT2D eigenvalue weighted by Crippen LogP contribution is -2.10. The van der Waals surface area contributed by atoms with E-state index in [0.29, 0.717) is 22.5 Å². The minimum absolute atomic E-state index is 0.186. The van der Waals surface area contributed by atoms with Crippen molar-refractivity contribution in [1.29, 1.82) is 0 Å². The van der Waals surface area contributed by atoms with E-state index in [2.05, 4.69) is 36.4 Å². The molecule has 0 amide bonds. The van der Waals surface area contributed by atoms with Crippen molar-refractivity contribution in [3.8, 4) is 22.3 Å². The Kier molecular flexibility index (Phi) is 5.24. The third-order valence-electron chi connectivity index (χ3n) is 6.86. The number of ketones is 1. The number of benzene rings is 6. The molecule has 0 aromatic heterocycles.